The number of hydrogen-bond donors (Lipinski definition) is 0. The van der Waals surface area contributed by atoms with Gasteiger partial charge in [-0.1, -0.05) is 92.5 Å². The van der Waals surface area contributed by atoms with Crippen molar-refractivity contribution < 1.29 is 0 Å². The maximum absolute atomic E-state index is 3.62. The van der Waals surface area contributed by atoms with E-state index in [1.165, 1.54) is 33.4 Å². The Kier molecular flexibility index (Phi) is 5.12. The number of benzene rings is 3. The van der Waals surface area contributed by atoms with Gasteiger partial charge in [0, 0.05) is 10.7 Å². The van der Waals surface area contributed by atoms with Crippen LogP contribution in [0.1, 0.15) is 11.1 Å². The summed E-state index contributed by atoms with van der Waals surface area (Å²) in [5, 5.41) is 1.73. The fraction of sp³-hybridized carbons (Fsp3) is 0.100. The molecule has 0 spiro atoms. The second kappa shape index (κ2) is 7.26. The van der Waals surface area contributed by atoms with Crippen molar-refractivity contribution >= 4 is 31.9 Å². The molecule has 3 aromatic rings. The first-order valence-corrected chi connectivity index (χ1v) is 9.46. The molecule has 0 heterocycles. The first kappa shape index (κ1) is 15.5. The highest BCUT2D eigenvalue weighted by molar-refractivity contribution is 9.09. The standard InChI is InChI=1S/C20H16Br2/c21-13-17-11-19(15-7-3-1-4-8-15)20(12-18(17)14-22)16-9-5-2-6-10-16/h1-12H,13-14H2. The maximum atomic E-state index is 3.62. The molecular formula is C20H16Br2. The van der Waals surface area contributed by atoms with Gasteiger partial charge in [-0.2, -0.15) is 0 Å². The summed E-state index contributed by atoms with van der Waals surface area (Å²) >= 11 is 7.23. The molecular weight excluding hydrogens is 400 g/mol. The minimum absolute atomic E-state index is 0.864. The molecule has 0 aliphatic carbocycles. The zero-order chi connectivity index (χ0) is 15.4. The Bertz CT molecular complexity index is 683. The molecule has 0 saturated heterocycles. The van der Waals surface area contributed by atoms with E-state index in [-0.39, 0.29) is 0 Å². The van der Waals surface area contributed by atoms with E-state index in [9.17, 15) is 0 Å². The maximum Gasteiger partial charge on any atom is 0.0286 e. The van der Waals surface area contributed by atoms with Gasteiger partial charge < -0.3 is 0 Å². The topological polar surface area (TPSA) is 0 Å². The van der Waals surface area contributed by atoms with E-state index in [1.807, 2.05) is 0 Å². The van der Waals surface area contributed by atoms with Gasteiger partial charge in [0.25, 0.3) is 0 Å². The molecule has 0 aromatic heterocycles. The van der Waals surface area contributed by atoms with Crippen LogP contribution in [-0.4, -0.2) is 0 Å². The zero-order valence-electron chi connectivity index (χ0n) is 12.1. The van der Waals surface area contributed by atoms with E-state index < -0.39 is 0 Å². The predicted octanol–water partition coefficient (Wildman–Crippen LogP) is 6.81. The Morgan fingerprint density at radius 3 is 1.23 bits per heavy atom. The summed E-state index contributed by atoms with van der Waals surface area (Å²) in [5.41, 5.74) is 7.73. The van der Waals surface area contributed by atoms with Crippen molar-refractivity contribution in [3.63, 3.8) is 0 Å². The van der Waals surface area contributed by atoms with Crippen molar-refractivity contribution in [1.29, 1.82) is 0 Å². The van der Waals surface area contributed by atoms with Crippen LogP contribution in [0.25, 0.3) is 22.3 Å². The molecule has 3 rings (SSSR count). The van der Waals surface area contributed by atoms with Gasteiger partial charge in [-0.25, -0.2) is 0 Å². The summed E-state index contributed by atoms with van der Waals surface area (Å²) in [7, 11) is 0. The minimum atomic E-state index is 0.864. The van der Waals surface area contributed by atoms with Crippen LogP contribution in [0.15, 0.2) is 72.8 Å². The molecule has 0 nitrogen and oxygen atoms in total. The molecule has 0 amide bonds. The average molecular weight is 416 g/mol. The summed E-state index contributed by atoms with van der Waals surface area (Å²) in [6.45, 7) is 0. The van der Waals surface area contributed by atoms with Crippen LogP contribution in [0, 0.1) is 0 Å². The average Bonchev–Trinajstić information content (AvgIpc) is 2.62. The minimum Gasteiger partial charge on any atom is -0.0876 e. The van der Waals surface area contributed by atoms with E-state index in [0.29, 0.717) is 0 Å². The summed E-state index contributed by atoms with van der Waals surface area (Å²) in [6.07, 6.45) is 0. The van der Waals surface area contributed by atoms with Crippen LogP contribution in [0.2, 0.25) is 0 Å². The molecule has 0 saturated carbocycles. The molecule has 110 valence electrons. The molecule has 0 fully saturated rings. The Balaban J connectivity index is 2.26. The van der Waals surface area contributed by atoms with Crippen molar-refractivity contribution in [2.75, 3.05) is 0 Å². The van der Waals surface area contributed by atoms with Crippen molar-refractivity contribution in [2.24, 2.45) is 0 Å². The summed E-state index contributed by atoms with van der Waals surface area (Å²) in [5.74, 6) is 0. The second-order valence-electron chi connectivity index (χ2n) is 5.17. The quantitative estimate of drug-likeness (QED) is 0.410. The Morgan fingerprint density at radius 2 is 0.909 bits per heavy atom. The van der Waals surface area contributed by atoms with Gasteiger partial charge in [0.1, 0.15) is 0 Å². The van der Waals surface area contributed by atoms with E-state index in [4.69, 9.17) is 0 Å². The highest BCUT2D eigenvalue weighted by Gasteiger charge is 2.12. The number of halogens is 2. The van der Waals surface area contributed by atoms with Crippen molar-refractivity contribution in [3.8, 4) is 22.3 Å². The highest BCUT2D eigenvalue weighted by atomic mass is 79.9. The normalized spacial score (nSPS) is 10.6. The third-order valence-corrected chi connectivity index (χ3v) is 5.01. The molecule has 0 N–H and O–H groups in total. The van der Waals surface area contributed by atoms with Gasteiger partial charge in [-0.15, -0.1) is 0 Å². The van der Waals surface area contributed by atoms with Gasteiger partial charge in [0.15, 0.2) is 0 Å². The van der Waals surface area contributed by atoms with Crippen LogP contribution in [0.5, 0.6) is 0 Å². The molecule has 3 aromatic carbocycles. The van der Waals surface area contributed by atoms with E-state index in [1.54, 1.807) is 0 Å². The van der Waals surface area contributed by atoms with Crippen LogP contribution in [-0.2, 0) is 10.7 Å². The van der Waals surface area contributed by atoms with E-state index >= 15 is 0 Å². The van der Waals surface area contributed by atoms with Crippen LogP contribution in [0.3, 0.4) is 0 Å². The van der Waals surface area contributed by atoms with Crippen molar-refractivity contribution in [2.45, 2.75) is 10.7 Å². The molecule has 0 aliphatic heterocycles. The first-order valence-electron chi connectivity index (χ1n) is 7.22. The second-order valence-corrected chi connectivity index (χ2v) is 6.29. The van der Waals surface area contributed by atoms with Gasteiger partial charge >= 0.3 is 0 Å². The summed E-state index contributed by atoms with van der Waals surface area (Å²) < 4.78 is 0. The molecule has 0 radical (unpaired) electrons. The van der Waals surface area contributed by atoms with Crippen molar-refractivity contribution in [1.82, 2.24) is 0 Å². The van der Waals surface area contributed by atoms with Gasteiger partial charge in [-0.05, 0) is 45.5 Å². The molecule has 0 aliphatic rings. The fourth-order valence-electron chi connectivity index (χ4n) is 2.65. The zero-order valence-corrected chi connectivity index (χ0v) is 15.3. The Labute approximate surface area is 148 Å². The smallest absolute Gasteiger partial charge is 0.0286 e. The third-order valence-electron chi connectivity index (χ3n) is 3.80. The summed E-state index contributed by atoms with van der Waals surface area (Å²) in [6, 6.07) is 25.8. The van der Waals surface area contributed by atoms with Gasteiger partial charge in [0.2, 0.25) is 0 Å². The number of rotatable bonds is 4. The monoisotopic (exact) mass is 414 g/mol. The van der Waals surface area contributed by atoms with E-state index in [0.717, 1.165) is 10.7 Å². The summed E-state index contributed by atoms with van der Waals surface area (Å²) in [4.78, 5) is 0. The highest BCUT2D eigenvalue weighted by Crippen LogP contribution is 2.35. The van der Waals surface area contributed by atoms with E-state index in [2.05, 4.69) is 105 Å². The largest absolute Gasteiger partial charge is 0.0876 e. The molecule has 0 atom stereocenters. The number of hydrogen-bond acceptors (Lipinski definition) is 0. The lowest BCUT2D eigenvalue weighted by Gasteiger charge is -2.15. The van der Waals surface area contributed by atoms with Crippen LogP contribution in [0.4, 0.5) is 0 Å². The number of alkyl halides is 2. The van der Waals surface area contributed by atoms with Crippen LogP contribution >= 0.6 is 31.9 Å². The van der Waals surface area contributed by atoms with Gasteiger partial charge in [-0.3, -0.25) is 0 Å². The Morgan fingerprint density at radius 1 is 0.545 bits per heavy atom. The first-order chi connectivity index (χ1) is 10.8. The predicted molar refractivity (Wildman–Crippen MR) is 103 cm³/mol. The SMILES string of the molecule is BrCc1cc(-c2ccccc2)c(-c2ccccc2)cc1CBr. The Hall–Kier alpha value is -1.38. The van der Waals surface area contributed by atoms with Crippen molar-refractivity contribution in [3.05, 3.63) is 83.9 Å². The molecule has 0 unspecified atom stereocenters. The molecule has 2 heteroatoms. The fourth-order valence-corrected chi connectivity index (χ4v) is 3.70. The molecule has 22 heavy (non-hydrogen) atoms. The lowest BCUT2D eigenvalue weighted by molar-refractivity contribution is 1.30. The van der Waals surface area contributed by atoms with Gasteiger partial charge in [0.05, 0.1) is 0 Å². The third kappa shape index (κ3) is 3.18. The van der Waals surface area contributed by atoms with Crippen LogP contribution < -0.4 is 0 Å². The molecule has 0 bridgehead atoms. The lowest BCUT2D eigenvalue weighted by atomic mass is 9.91. The lowest BCUT2D eigenvalue weighted by Crippen LogP contribution is -1.94.